The Balaban J connectivity index is 0.000000491. The van der Waals surface area contributed by atoms with E-state index in [1.165, 1.54) is 87.0 Å². The van der Waals surface area contributed by atoms with Gasteiger partial charge < -0.3 is 68.3 Å². The molecule has 2 aromatic heterocycles. The van der Waals surface area contributed by atoms with Crippen LogP contribution in [-0.4, -0.2) is 108 Å². The number of carbonyl (C=O) groups is 2. The van der Waals surface area contributed by atoms with E-state index in [0.717, 1.165) is 60.7 Å². The largest absolute Gasteiger partial charge is 3.00 e. The summed E-state index contributed by atoms with van der Waals surface area (Å²) in [6.07, 6.45) is 0. The number of hydrogen-bond donors (Lipinski definition) is 4. The number of fused-ring (bicyclic) bond motifs is 2. The number of azo groups is 2. The van der Waals surface area contributed by atoms with Crippen molar-refractivity contribution in [1.82, 2.24) is 29.9 Å². The van der Waals surface area contributed by atoms with Gasteiger partial charge >= 0.3 is 165 Å². The molecule has 0 spiro atoms. The van der Waals surface area contributed by atoms with Gasteiger partial charge in [-0.2, -0.15) is 19.9 Å². The summed E-state index contributed by atoms with van der Waals surface area (Å²) in [5.41, 5.74) is -3.10. The quantitative estimate of drug-likeness (QED) is 0.0352. The van der Waals surface area contributed by atoms with Crippen LogP contribution in [0.1, 0.15) is 20.7 Å². The molecule has 0 aliphatic carbocycles. The zero-order valence-corrected chi connectivity index (χ0v) is 68.2. The molecule has 8 aromatic carbocycles. The fraction of sp³-hybridized carbons (Fsp3) is 0.0370. The first-order chi connectivity index (χ1) is 44.2. The van der Waals surface area contributed by atoms with Gasteiger partial charge in [0.05, 0.1) is 79.9 Å². The third kappa shape index (κ3) is 22.8. The van der Waals surface area contributed by atoms with E-state index in [1.807, 2.05) is 0 Å². The Morgan fingerprint density at radius 1 is 0.460 bits per heavy atom. The first-order valence-electron chi connectivity index (χ1n) is 25.4. The fourth-order valence-electron chi connectivity index (χ4n) is 8.31. The van der Waals surface area contributed by atoms with E-state index in [-0.39, 0.29) is 266 Å². The van der Waals surface area contributed by atoms with E-state index in [4.69, 9.17) is 32.7 Å². The number of aromatic carboxylic acids is 2. The number of anilines is 4. The maximum atomic E-state index is 13.5. The first-order valence-corrected chi connectivity index (χ1v) is 31.8. The SMILES string of the molecule is COc1nc(Cl)nc(=Nc2ccc(N=Nc3c(S(=O)(=O)[O-])cc4ccc(Nc5cccc(S(=O)(=O)[O-])c5)cc4c3[O-])c(C(=O)[O-])c2)[nH]1.COc1nc(Cl)nc(=Nc2ccc(N=Nc3c(S(=O)(=O)[O-])cc4ccc(Nc5cccc(S(=O)(=O)[O-])c5)cc4c3[O-])c(C(=O)[O-])c2)[nH]1.[Cr+3].[Na+].[Na+].[Na+].[Na+].[Na+]. The number of carboxylic acids is 2. The molecular formula is C54H32Cl2CrN14Na5O20S4. The molecule has 0 aliphatic heterocycles. The zero-order chi connectivity index (χ0) is 68.2. The van der Waals surface area contributed by atoms with E-state index in [0.29, 0.717) is 0 Å². The number of nitrogens with one attached hydrogen (secondary N) is 4. The van der Waals surface area contributed by atoms with E-state index >= 15 is 0 Å². The molecule has 0 bridgehead atoms. The molecular weight excluding hydrogens is 1530 g/mol. The van der Waals surface area contributed by atoms with Crippen LogP contribution in [0.3, 0.4) is 0 Å². The second kappa shape index (κ2) is 37.3. The second-order valence-corrected chi connectivity index (χ2v) is 24.7. The normalized spacial score (nSPS) is 11.7. The molecule has 10 rings (SSSR count). The number of H-pyrrole nitrogens is 2. The third-order valence-electron chi connectivity index (χ3n) is 12.4. The van der Waals surface area contributed by atoms with E-state index < -0.39 is 106 Å². The summed E-state index contributed by atoms with van der Waals surface area (Å²) < 4.78 is 151. The number of rotatable bonds is 18. The van der Waals surface area contributed by atoms with Gasteiger partial charge in [-0.1, -0.05) is 35.8 Å². The van der Waals surface area contributed by atoms with E-state index in [2.05, 4.69) is 71.0 Å². The summed E-state index contributed by atoms with van der Waals surface area (Å²) in [5, 5.41) is 70.6. The van der Waals surface area contributed by atoms with Gasteiger partial charge in [-0.15, -0.1) is 20.5 Å². The van der Waals surface area contributed by atoms with Crippen molar-refractivity contribution in [3.05, 3.63) is 166 Å². The molecule has 487 valence electrons. The van der Waals surface area contributed by atoms with Crippen LogP contribution in [0.2, 0.25) is 10.6 Å². The van der Waals surface area contributed by atoms with Crippen molar-refractivity contribution in [2.24, 2.45) is 30.4 Å². The van der Waals surface area contributed by atoms with Crippen LogP contribution >= 0.6 is 23.2 Å². The summed E-state index contributed by atoms with van der Waals surface area (Å²) in [6.45, 7) is 0. The van der Waals surface area contributed by atoms with Gasteiger partial charge in [0.1, 0.15) is 40.5 Å². The molecule has 0 fully saturated rings. The topological polar surface area (TPSA) is 555 Å². The Kier molecular flexibility index (Phi) is 33.2. The standard InChI is InChI=1S/2C27H20ClN7O10S2.Cr.5Na/c2*1-45-27-32-25(28)31-26(33-27)30-16-7-8-20(19(12-16)24(37)38)34-35-22-21(47(42,43)44)9-13-5-6-15(11-18(13)23(22)36)29-14-3-2-4-17(10-14)46(39,40)41;;;;;;/h2*2-12,29,36H,1H3,(H,37,38)(H,39,40,41)(H,42,43,44)(H,30,31,32,33);;;;;;/q;;+3;5*+1/p-8. The maximum absolute atomic E-state index is 13.5. The number of nitrogens with zero attached hydrogens (tertiary/aromatic N) is 10. The second-order valence-electron chi connectivity index (χ2n) is 18.6. The van der Waals surface area contributed by atoms with Crippen molar-refractivity contribution < 1.29 is 257 Å². The first kappa shape index (κ1) is 88.8. The minimum Gasteiger partial charge on any atom is -0.871 e. The van der Waals surface area contributed by atoms with Gasteiger partial charge in [-0.25, -0.2) is 43.7 Å². The average molecular weight is 1560 g/mol. The van der Waals surface area contributed by atoms with Crippen LogP contribution in [0.15, 0.2) is 183 Å². The van der Waals surface area contributed by atoms with Crippen LogP contribution in [-0.2, 0) is 57.8 Å². The molecule has 0 amide bonds. The molecule has 0 aliphatic rings. The number of aromatic nitrogens is 6. The smallest absolute Gasteiger partial charge is 0.871 e. The summed E-state index contributed by atoms with van der Waals surface area (Å²) in [6, 6.07) is 26.5. The molecule has 2 heterocycles. The Bertz CT molecular complexity index is 5170. The average Bonchev–Trinajstić information content (AvgIpc) is 0.770. The Morgan fingerprint density at radius 3 is 1.13 bits per heavy atom. The predicted octanol–water partition coefficient (Wildman–Crippen LogP) is -10.5. The molecule has 0 saturated carbocycles. The number of benzene rings is 8. The number of methoxy groups -OCH3 is 2. The van der Waals surface area contributed by atoms with E-state index in [1.54, 1.807) is 0 Å². The van der Waals surface area contributed by atoms with Crippen molar-refractivity contribution >= 4 is 154 Å². The van der Waals surface area contributed by atoms with Crippen molar-refractivity contribution in [1.29, 1.82) is 0 Å². The van der Waals surface area contributed by atoms with Gasteiger partial charge in [-0.3, -0.25) is 9.97 Å². The predicted molar refractivity (Wildman–Crippen MR) is 314 cm³/mol. The minimum absolute atomic E-state index is 0. The number of halogens is 2. The van der Waals surface area contributed by atoms with Crippen molar-refractivity contribution in [3.63, 3.8) is 0 Å². The Hall–Kier alpha value is -5.41. The number of aromatic amines is 2. The van der Waals surface area contributed by atoms with Gasteiger partial charge in [-0.05, 0) is 154 Å². The summed E-state index contributed by atoms with van der Waals surface area (Å²) >= 11 is 11.6. The zero-order valence-electron chi connectivity index (χ0n) is 52.1. The molecule has 46 heteroatoms. The third-order valence-corrected chi connectivity index (χ3v) is 16.1. The van der Waals surface area contributed by atoms with Gasteiger partial charge in [0.15, 0.2) is 0 Å². The van der Waals surface area contributed by atoms with Crippen molar-refractivity contribution in [2.45, 2.75) is 19.6 Å². The monoisotopic (exact) mass is 1560 g/mol. The summed E-state index contributed by atoms with van der Waals surface area (Å²) in [5.74, 6) is -5.57. The van der Waals surface area contributed by atoms with Crippen LogP contribution in [0, 0.1) is 0 Å². The number of hydrogen-bond acceptors (Lipinski definition) is 32. The molecule has 100 heavy (non-hydrogen) atoms. The van der Waals surface area contributed by atoms with Crippen molar-refractivity contribution in [2.75, 3.05) is 24.9 Å². The minimum atomic E-state index is -5.29. The number of carboxylic acid groups (broad SMARTS) is 2. The van der Waals surface area contributed by atoms with Crippen LogP contribution in [0.25, 0.3) is 21.5 Å². The Labute approximate surface area is 696 Å². The molecule has 1 radical (unpaired) electrons. The van der Waals surface area contributed by atoms with Gasteiger partial charge in [0, 0.05) is 33.9 Å². The van der Waals surface area contributed by atoms with Gasteiger partial charge in [0.25, 0.3) is 12.0 Å². The van der Waals surface area contributed by atoms with Crippen LogP contribution < -0.4 is 200 Å². The van der Waals surface area contributed by atoms with Crippen molar-refractivity contribution in [3.8, 4) is 23.5 Å². The Morgan fingerprint density at radius 2 is 0.810 bits per heavy atom. The number of carbonyl (C=O) groups excluding carboxylic acids is 2. The maximum Gasteiger partial charge on any atom is 3.00 e. The van der Waals surface area contributed by atoms with Gasteiger partial charge in [0.2, 0.25) is 21.8 Å². The molecule has 0 unspecified atom stereocenters. The van der Waals surface area contributed by atoms with E-state index in [9.17, 15) is 81.9 Å². The van der Waals surface area contributed by atoms with Crippen LogP contribution in [0.5, 0.6) is 23.5 Å². The molecule has 34 nitrogen and oxygen atoms in total. The molecule has 4 N–H and O–H groups in total. The molecule has 10 aromatic rings. The number of ether oxygens (including phenoxy) is 2. The molecule has 0 atom stereocenters. The summed E-state index contributed by atoms with van der Waals surface area (Å²) in [7, 11) is -17.5. The molecule has 0 saturated heterocycles. The van der Waals surface area contributed by atoms with Crippen LogP contribution in [0.4, 0.5) is 56.9 Å². The fourth-order valence-corrected chi connectivity index (χ4v) is 10.9. The summed E-state index contributed by atoms with van der Waals surface area (Å²) in [4.78, 5) is 49.4.